The van der Waals surface area contributed by atoms with Crippen LogP contribution in [0.1, 0.15) is 32.6 Å². The largest absolute Gasteiger partial charge is 0.440 e. The van der Waals surface area contributed by atoms with Crippen LogP contribution < -0.4 is 4.74 Å². The van der Waals surface area contributed by atoms with Crippen molar-refractivity contribution in [3.8, 4) is 17.7 Å². The van der Waals surface area contributed by atoms with E-state index in [1.54, 1.807) is 12.1 Å². The second kappa shape index (κ2) is 11.2. The van der Waals surface area contributed by atoms with Crippen LogP contribution >= 0.6 is 23.2 Å². The summed E-state index contributed by atoms with van der Waals surface area (Å²) in [5, 5.41) is 11.4. The average Bonchev–Trinajstić information content (AvgIpc) is 2.77. The Morgan fingerprint density at radius 2 is 1.73 bits per heavy atom. The first kappa shape index (κ1) is 24.6. The van der Waals surface area contributed by atoms with E-state index in [4.69, 9.17) is 32.7 Å². The number of hydrogen-bond acceptors (Lipinski definition) is 5. The smallest absolute Gasteiger partial charge is 0.311 e. The Kier molecular flexibility index (Phi) is 8.32. The summed E-state index contributed by atoms with van der Waals surface area (Å²) in [6.45, 7) is 5.64. The van der Waals surface area contributed by atoms with Crippen LogP contribution in [0.5, 0.6) is 11.6 Å². The van der Waals surface area contributed by atoms with Gasteiger partial charge in [-0.05, 0) is 29.4 Å². The highest BCUT2D eigenvalue weighted by molar-refractivity contribution is 6.55. The maximum Gasteiger partial charge on any atom is 0.311 e. The lowest BCUT2D eigenvalue weighted by molar-refractivity contribution is -0.155. The number of pyridine rings is 1. The van der Waals surface area contributed by atoms with Crippen molar-refractivity contribution in [2.24, 2.45) is 17.8 Å². The van der Waals surface area contributed by atoms with Crippen LogP contribution in [0.25, 0.3) is 10.8 Å². The summed E-state index contributed by atoms with van der Waals surface area (Å²) in [5.74, 6) is -0.488. The van der Waals surface area contributed by atoms with Crippen molar-refractivity contribution in [3.05, 3.63) is 76.9 Å². The number of hydrogen-bond donors (Lipinski definition) is 0. The molecule has 3 atom stereocenters. The van der Waals surface area contributed by atoms with Gasteiger partial charge in [0.05, 0.1) is 5.92 Å². The van der Waals surface area contributed by atoms with Crippen molar-refractivity contribution in [1.82, 2.24) is 4.98 Å². The van der Waals surface area contributed by atoms with E-state index < -0.39 is 18.0 Å². The van der Waals surface area contributed by atoms with E-state index in [1.165, 1.54) is 0 Å². The van der Waals surface area contributed by atoms with Gasteiger partial charge >= 0.3 is 5.97 Å². The van der Waals surface area contributed by atoms with Crippen LogP contribution in [-0.2, 0) is 9.53 Å². The van der Waals surface area contributed by atoms with Crippen LogP contribution in [-0.4, -0.2) is 11.0 Å². The van der Waals surface area contributed by atoms with E-state index in [2.05, 4.69) is 11.1 Å². The fourth-order valence-electron chi connectivity index (χ4n) is 3.80. The number of rotatable bonds is 8. The topological polar surface area (TPSA) is 72.2 Å². The molecule has 3 unspecified atom stereocenters. The van der Waals surface area contributed by atoms with Gasteiger partial charge in [0.15, 0.2) is 0 Å². The average molecular weight is 483 g/mol. The van der Waals surface area contributed by atoms with E-state index >= 15 is 0 Å². The fourth-order valence-corrected chi connectivity index (χ4v) is 4.19. The number of para-hydroxylation sites is 1. The van der Waals surface area contributed by atoms with E-state index in [0.717, 1.165) is 5.39 Å². The van der Waals surface area contributed by atoms with Crippen LogP contribution in [0, 0.1) is 29.1 Å². The zero-order valence-corrected chi connectivity index (χ0v) is 20.0. The molecule has 0 fully saturated rings. The summed E-state index contributed by atoms with van der Waals surface area (Å²) < 4.78 is 11.7. The van der Waals surface area contributed by atoms with E-state index in [9.17, 15) is 10.1 Å². The molecule has 0 spiro atoms. The van der Waals surface area contributed by atoms with Gasteiger partial charge in [-0.25, -0.2) is 4.98 Å². The number of carbonyl (C=O) groups excluding carboxylic acids is 1. The third-order valence-corrected chi connectivity index (χ3v) is 5.51. The van der Waals surface area contributed by atoms with Crippen molar-refractivity contribution in [3.63, 3.8) is 0 Å². The third kappa shape index (κ3) is 6.25. The first-order chi connectivity index (χ1) is 15.8. The summed E-state index contributed by atoms with van der Waals surface area (Å²) >= 11 is 11.6. The molecule has 1 heterocycles. The Balaban J connectivity index is 1.97. The van der Waals surface area contributed by atoms with Gasteiger partial charge in [-0.2, -0.15) is 5.26 Å². The van der Waals surface area contributed by atoms with E-state index in [1.807, 2.05) is 75.4 Å². The number of carbonyl (C=O) groups is 1. The molecule has 3 rings (SSSR count). The summed E-state index contributed by atoms with van der Waals surface area (Å²) in [6.07, 6.45) is 0.379. The Hall–Kier alpha value is -3.07. The first-order valence-electron chi connectivity index (χ1n) is 10.6. The van der Waals surface area contributed by atoms with Crippen molar-refractivity contribution in [2.45, 2.75) is 26.9 Å². The molecule has 2 aromatic carbocycles. The molecule has 33 heavy (non-hydrogen) atoms. The standard InChI is InChI=1S/C26H24Cl2N2O3/c1-16(2)24(17(3)13-22(27)28)26(31)33-21(15-29)25-20-12-8-7-9-18(20)14-23(30-25)32-19-10-5-4-6-11-19/h4-14,16-17,21,24H,1-3H3. The van der Waals surface area contributed by atoms with Crippen LogP contribution in [0.3, 0.4) is 0 Å². The molecule has 5 nitrogen and oxygen atoms in total. The maximum atomic E-state index is 13.1. The number of ether oxygens (including phenoxy) is 2. The Labute approximate surface area is 203 Å². The minimum atomic E-state index is -1.22. The number of allylic oxidation sites excluding steroid dienone is 1. The van der Waals surface area contributed by atoms with Gasteiger partial charge in [0, 0.05) is 11.5 Å². The monoisotopic (exact) mass is 482 g/mol. The minimum absolute atomic E-state index is 0.0618. The number of nitrogens with zero attached hydrogens (tertiary/aromatic N) is 2. The highest BCUT2D eigenvalue weighted by Crippen LogP contribution is 2.33. The number of halogens is 2. The van der Waals surface area contributed by atoms with E-state index in [0.29, 0.717) is 22.7 Å². The molecule has 0 aliphatic heterocycles. The molecule has 0 saturated carbocycles. The number of aromatic nitrogens is 1. The first-order valence-corrected chi connectivity index (χ1v) is 11.3. The van der Waals surface area contributed by atoms with Crippen molar-refractivity contribution < 1.29 is 14.3 Å². The van der Waals surface area contributed by atoms with Gasteiger partial charge in [0.1, 0.15) is 22.0 Å². The normalized spacial score (nSPS) is 13.6. The van der Waals surface area contributed by atoms with Crippen LogP contribution in [0.2, 0.25) is 0 Å². The molecule has 170 valence electrons. The molecule has 0 aliphatic rings. The van der Waals surface area contributed by atoms with Gasteiger partial charge in [0.2, 0.25) is 12.0 Å². The van der Waals surface area contributed by atoms with Crippen molar-refractivity contribution >= 4 is 39.9 Å². The zero-order chi connectivity index (χ0) is 24.0. The van der Waals surface area contributed by atoms with E-state index in [-0.39, 0.29) is 16.3 Å². The lowest BCUT2D eigenvalue weighted by Crippen LogP contribution is -2.29. The second-order valence-corrected chi connectivity index (χ2v) is 9.02. The van der Waals surface area contributed by atoms with Gasteiger partial charge in [-0.1, -0.05) is 92.5 Å². The fraction of sp³-hybridized carbons (Fsp3) is 0.269. The predicted octanol–water partition coefficient (Wildman–Crippen LogP) is 7.36. The van der Waals surface area contributed by atoms with Gasteiger partial charge in [-0.3, -0.25) is 4.79 Å². The van der Waals surface area contributed by atoms with Gasteiger partial charge in [0.25, 0.3) is 0 Å². The highest BCUT2D eigenvalue weighted by Gasteiger charge is 2.32. The summed E-state index contributed by atoms with van der Waals surface area (Å²) in [5.41, 5.74) is 0.316. The summed E-state index contributed by atoms with van der Waals surface area (Å²) in [4.78, 5) is 17.7. The second-order valence-electron chi connectivity index (χ2n) is 8.01. The highest BCUT2D eigenvalue weighted by atomic mass is 35.5. The molecule has 0 radical (unpaired) electrons. The number of nitriles is 1. The van der Waals surface area contributed by atoms with Gasteiger partial charge in [-0.15, -0.1) is 0 Å². The lowest BCUT2D eigenvalue weighted by atomic mass is 9.84. The number of esters is 1. The molecule has 0 N–H and O–H groups in total. The Morgan fingerprint density at radius 1 is 1.06 bits per heavy atom. The quantitative estimate of drug-likeness (QED) is 0.313. The molecule has 7 heteroatoms. The van der Waals surface area contributed by atoms with Gasteiger partial charge < -0.3 is 9.47 Å². The maximum absolute atomic E-state index is 13.1. The third-order valence-electron chi connectivity index (χ3n) is 5.26. The molecular weight excluding hydrogens is 459 g/mol. The lowest BCUT2D eigenvalue weighted by Gasteiger charge is -2.25. The molecule has 0 aliphatic carbocycles. The minimum Gasteiger partial charge on any atom is -0.440 e. The van der Waals surface area contributed by atoms with Crippen molar-refractivity contribution in [2.75, 3.05) is 0 Å². The predicted molar refractivity (Wildman–Crippen MR) is 130 cm³/mol. The summed E-state index contributed by atoms with van der Waals surface area (Å²) in [7, 11) is 0. The zero-order valence-electron chi connectivity index (χ0n) is 18.5. The SMILES string of the molecule is CC(C)C(C(=O)OC(C#N)c1nc(Oc2ccccc2)cc2ccccc12)C(C)C=C(Cl)Cl. The number of fused-ring (bicyclic) bond motifs is 1. The van der Waals surface area contributed by atoms with Crippen LogP contribution in [0.15, 0.2) is 71.2 Å². The Bertz CT molecular complexity index is 1190. The summed E-state index contributed by atoms with van der Waals surface area (Å²) in [6, 6.07) is 20.5. The molecule has 3 aromatic rings. The molecule has 1 aromatic heterocycles. The van der Waals surface area contributed by atoms with Crippen molar-refractivity contribution in [1.29, 1.82) is 5.26 Å². The Morgan fingerprint density at radius 3 is 2.36 bits per heavy atom. The molecular formula is C26H24Cl2N2O3. The number of benzene rings is 2. The molecule has 0 amide bonds. The van der Waals surface area contributed by atoms with Crippen LogP contribution in [0.4, 0.5) is 0 Å². The molecule has 0 saturated heterocycles. The molecule has 0 bridgehead atoms.